The molecule has 0 spiro atoms. The molecule has 5 rings (SSSR count). The number of fused-ring (bicyclic) bond motifs is 2. The van der Waals surface area contributed by atoms with Gasteiger partial charge in [-0.3, -0.25) is 4.90 Å². The molecular weight excluding hydrogens is 270 g/mol. The van der Waals surface area contributed by atoms with Crippen molar-refractivity contribution >= 4 is 0 Å². The largest absolute Gasteiger partial charge is 0.508 e. The van der Waals surface area contributed by atoms with E-state index < -0.39 is 0 Å². The van der Waals surface area contributed by atoms with Gasteiger partial charge in [-0.05, 0) is 60.4 Å². The zero-order valence-corrected chi connectivity index (χ0v) is 12.9. The van der Waals surface area contributed by atoms with Crippen LogP contribution in [0.3, 0.4) is 0 Å². The molecule has 1 aliphatic carbocycles. The molecule has 2 aromatic rings. The maximum Gasteiger partial charge on any atom is 0.115 e. The second-order valence-electron chi connectivity index (χ2n) is 6.87. The van der Waals surface area contributed by atoms with Crippen LogP contribution in [0.1, 0.15) is 29.5 Å². The van der Waals surface area contributed by atoms with Crippen LogP contribution in [0.5, 0.6) is 5.75 Å². The van der Waals surface area contributed by atoms with Crippen LogP contribution in [0.4, 0.5) is 0 Å². The van der Waals surface area contributed by atoms with Crippen LogP contribution in [0.2, 0.25) is 0 Å². The average molecular weight is 293 g/mol. The van der Waals surface area contributed by atoms with Gasteiger partial charge in [-0.25, -0.2) is 0 Å². The minimum absolute atomic E-state index is 0.354. The quantitative estimate of drug-likeness (QED) is 0.911. The van der Waals surface area contributed by atoms with Crippen molar-refractivity contribution in [1.29, 1.82) is 0 Å². The van der Waals surface area contributed by atoms with Gasteiger partial charge in [0.1, 0.15) is 5.75 Å². The fourth-order valence-electron chi connectivity index (χ4n) is 4.13. The lowest BCUT2D eigenvalue weighted by Gasteiger charge is -2.42. The Hall–Kier alpha value is -1.80. The summed E-state index contributed by atoms with van der Waals surface area (Å²) in [6.07, 6.45) is 5.10. The van der Waals surface area contributed by atoms with E-state index in [2.05, 4.69) is 41.3 Å². The number of benzene rings is 2. The van der Waals surface area contributed by atoms with Crippen molar-refractivity contribution in [2.24, 2.45) is 5.92 Å². The van der Waals surface area contributed by atoms with Crippen LogP contribution in [0, 0.1) is 5.92 Å². The topological polar surface area (TPSA) is 23.5 Å². The number of phenols is 1. The normalized spacial score (nSPS) is 24.5. The summed E-state index contributed by atoms with van der Waals surface area (Å²) >= 11 is 0. The van der Waals surface area contributed by atoms with E-state index in [4.69, 9.17) is 0 Å². The molecule has 3 aliphatic rings. The molecule has 0 amide bonds. The van der Waals surface area contributed by atoms with E-state index in [1.807, 2.05) is 0 Å². The molecule has 2 nitrogen and oxygen atoms in total. The van der Waals surface area contributed by atoms with Gasteiger partial charge in [-0.2, -0.15) is 0 Å². The van der Waals surface area contributed by atoms with Crippen LogP contribution >= 0.6 is 0 Å². The Morgan fingerprint density at radius 1 is 0.909 bits per heavy atom. The van der Waals surface area contributed by atoms with E-state index in [1.54, 1.807) is 23.3 Å². The maximum atomic E-state index is 9.45. The molecule has 0 saturated carbocycles. The van der Waals surface area contributed by atoms with Crippen molar-refractivity contribution in [2.45, 2.75) is 38.3 Å². The molecule has 114 valence electrons. The highest BCUT2D eigenvalue weighted by molar-refractivity contribution is 5.30. The summed E-state index contributed by atoms with van der Waals surface area (Å²) in [6.45, 7) is 2.21. The third-order valence-corrected chi connectivity index (χ3v) is 5.32. The molecule has 0 unspecified atom stereocenters. The minimum Gasteiger partial charge on any atom is -0.508 e. The van der Waals surface area contributed by atoms with Gasteiger partial charge in [0.2, 0.25) is 0 Å². The molecule has 0 radical (unpaired) electrons. The van der Waals surface area contributed by atoms with Crippen LogP contribution in [-0.4, -0.2) is 22.6 Å². The second kappa shape index (κ2) is 5.77. The Morgan fingerprint density at radius 2 is 1.64 bits per heavy atom. The Bertz CT molecular complexity index is 649. The molecule has 22 heavy (non-hydrogen) atoms. The van der Waals surface area contributed by atoms with Crippen LogP contribution < -0.4 is 0 Å². The minimum atomic E-state index is 0.354. The van der Waals surface area contributed by atoms with E-state index >= 15 is 0 Å². The molecule has 2 aliphatic heterocycles. The lowest BCUT2D eigenvalue weighted by Crippen LogP contribution is -2.46. The first-order chi connectivity index (χ1) is 10.8. The van der Waals surface area contributed by atoms with Crippen LogP contribution in [0.25, 0.3) is 0 Å². The number of piperidine rings is 1. The molecule has 2 bridgehead atoms. The highest BCUT2D eigenvalue weighted by Gasteiger charge is 2.31. The van der Waals surface area contributed by atoms with Gasteiger partial charge >= 0.3 is 0 Å². The highest BCUT2D eigenvalue weighted by atomic mass is 16.3. The SMILES string of the molecule is Oc1ccc(CN2C[C@H]3CC[C@@H]2Cc2ccccc2C3)cc1. The number of hydrogen-bond acceptors (Lipinski definition) is 2. The van der Waals surface area contributed by atoms with Gasteiger partial charge in [-0.1, -0.05) is 36.4 Å². The summed E-state index contributed by atoms with van der Waals surface area (Å²) in [7, 11) is 0. The average Bonchev–Trinajstić information content (AvgIpc) is 2.50. The van der Waals surface area contributed by atoms with Crippen molar-refractivity contribution in [3.05, 3.63) is 65.2 Å². The summed E-state index contributed by atoms with van der Waals surface area (Å²) in [5.41, 5.74) is 4.42. The second-order valence-corrected chi connectivity index (χ2v) is 6.87. The highest BCUT2D eigenvalue weighted by Crippen LogP contribution is 2.33. The maximum absolute atomic E-state index is 9.45. The van der Waals surface area contributed by atoms with Crippen LogP contribution in [-0.2, 0) is 19.4 Å². The van der Waals surface area contributed by atoms with Gasteiger partial charge in [-0.15, -0.1) is 0 Å². The van der Waals surface area contributed by atoms with Gasteiger partial charge < -0.3 is 5.11 Å². The molecule has 2 aromatic carbocycles. The van der Waals surface area contributed by atoms with Crippen molar-refractivity contribution in [3.63, 3.8) is 0 Å². The molecule has 1 N–H and O–H groups in total. The summed E-state index contributed by atoms with van der Waals surface area (Å²) in [4.78, 5) is 2.66. The summed E-state index contributed by atoms with van der Waals surface area (Å²) in [5.74, 6) is 1.14. The lowest BCUT2D eigenvalue weighted by atomic mass is 9.80. The number of phenolic OH excluding ortho intramolecular Hbond substituents is 1. The monoisotopic (exact) mass is 293 g/mol. The molecule has 1 fully saturated rings. The van der Waals surface area contributed by atoms with Crippen molar-refractivity contribution < 1.29 is 5.11 Å². The molecule has 2 heterocycles. The predicted molar refractivity (Wildman–Crippen MR) is 88.9 cm³/mol. The zero-order valence-electron chi connectivity index (χ0n) is 12.9. The first kappa shape index (κ1) is 13.8. The van der Waals surface area contributed by atoms with Gasteiger partial charge in [0.15, 0.2) is 0 Å². The Kier molecular flexibility index (Phi) is 3.63. The van der Waals surface area contributed by atoms with Crippen molar-refractivity contribution in [3.8, 4) is 5.75 Å². The molecule has 0 aromatic heterocycles. The number of nitrogens with zero attached hydrogens (tertiary/aromatic N) is 1. The third-order valence-electron chi connectivity index (χ3n) is 5.32. The first-order valence-corrected chi connectivity index (χ1v) is 8.36. The fourth-order valence-corrected chi connectivity index (χ4v) is 4.13. The van der Waals surface area contributed by atoms with Gasteiger partial charge in [0.05, 0.1) is 0 Å². The Labute approximate surface area is 132 Å². The molecule has 1 saturated heterocycles. The number of rotatable bonds is 2. The first-order valence-electron chi connectivity index (χ1n) is 8.36. The van der Waals surface area contributed by atoms with E-state index in [1.165, 1.54) is 37.8 Å². The lowest BCUT2D eigenvalue weighted by molar-refractivity contribution is 0.0938. The summed E-state index contributed by atoms with van der Waals surface area (Å²) in [5, 5.41) is 9.45. The number of hydrogen-bond donors (Lipinski definition) is 1. The van der Waals surface area contributed by atoms with Crippen molar-refractivity contribution in [2.75, 3.05) is 6.54 Å². The Morgan fingerprint density at radius 3 is 2.41 bits per heavy atom. The summed E-state index contributed by atoms with van der Waals surface area (Å²) < 4.78 is 0. The fraction of sp³-hybridized carbons (Fsp3) is 0.400. The third kappa shape index (κ3) is 2.76. The van der Waals surface area contributed by atoms with E-state index in [9.17, 15) is 5.11 Å². The zero-order chi connectivity index (χ0) is 14.9. The summed E-state index contributed by atoms with van der Waals surface area (Å²) in [6, 6.07) is 17.4. The van der Waals surface area contributed by atoms with Gasteiger partial charge in [0.25, 0.3) is 0 Å². The van der Waals surface area contributed by atoms with E-state index in [-0.39, 0.29) is 0 Å². The van der Waals surface area contributed by atoms with Crippen molar-refractivity contribution in [1.82, 2.24) is 4.90 Å². The number of aromatic hydroxyl groups is 1. The predicted octanol–water partition coefficient (Wildman–Crippen LogP) is 3.77. The smallest absolute Gasteiger partial charge is 0.115 e. The van der Waals surface area contributed by atoms with Crippen LogP contribution in [0.15, 0.2) is 48.5 Å². The molecular formula is C20H23NO. The molecule has 2 atom stereocenters. The van der Waals surface area contributed by atoms with E-state index in [0.717, 1.165) is 12.5 Å². The van der Waals surface area contributed by atoms with Gasteiger partial charge in [0, 0.05) is 19.1 Å². The Balaban J connectivity index is 1.57. The van der Waals surface area contributed by atoms with E-state index in [0.29, 0.717) is 11.8 Å². The standard InChI is InChI=1S/C20H23NO/c22-20-9-6-15(7-10-20)13-21-14-16-5-8-19(21)12-18-4-2-1-3-17(18)11-16/h1-4,6-7,9-10,16,19,22H,5,8,11-14H2/t16-,19+/m0/s1. The molecule has 2 heteroatoms.